The molecule has 0 N–H and O–H groups in total. The molecule has 3 aromatic rings. The van der Waals surface area contributed by atoms with E-state index in [0.29, 0.717) is 0 Å². The van der Waals surface area contributed by atoms with Gasteiger partial charge in [0.05, 0.1) is 7.11 Å². The number of ether oxygens (including phenoxy) is 1. The quantitative estimate of drug-likeness (QED) is 0.512. The van der Waals surface area contributed by atoms with Crippen LogP contribution in [0.25, 0.3) is 0 Å². The zero-order chi connectivity index (χ0) is 19.3. The lowest BCUT2D eigenvalue weighted by Gasteiger charge is -2.25. The lowest BCUT2D eigenvalue weighted by atomic mass is 10.2. The lowest BCUT2D eigenvalue weighted by molar-refractivity contribution is 0.418. The van der Waals surface area contributed by atoms with E-state index in [4.69, 9.17) is 4.74 Å². The number of methoxy groups -OCH3 is 1. The second-order valence-electron chi connectivity index (χ2n) is 7.37. The van der Waals surface area contributed by atoms with Crippen LogP contribution >= 0.6 is 19.7 Å². The molecule has 0 heterocycles. The molecule has 0 saturated heterocycles. The monoisotopic (exact) mass is 394 g/mol. The van der Waals surface area contributed by atoms with Crippen molar-refractivity contribution in [2.75, 3.05) is 7.11 Å². The summed E-state index contributed by atoms with van der Waals surface area (Å²) in [6.07, 6.45) is 0. The molecule has 0 spiro atoms. The number of rotatable bonds is 6. The van der Waals surface area contributed by atoms with E-state index >= 15 is 0 Å². The topological polar surface area (TPSA) is 9.23 Å². The van der Waals surface area contributed by atoms with Gasteiger partial charge < -0.3 is 4.74 Å². The highest BCUT2D eigenvalue weighted by molar-refractivity contribution is 7.99. The highest BCUT2D eigenvalue weighted by Gasteiger charge is 2.23. The number of thioether (sulfide) groups is 1. The Morgan fingerprint density at radius 1 is 0.778 bits per heavy atom. The highest BCUT2D eigenvalue weighted by atomic mass is 32.2. The van der Waals surface area contributed by atoms with Gasteiger partial charge >= 0.3 is 0 Å². The van der Waals surface area contributed by atoms with Crippen molar-refractivity contribution in [3.63, 3.8) is 0 Å². The Kier molecular flexibility index (Phi) is 6.63. The number of hydrogen-bond acceptors (Lipinski definition) is 2. The second-order valence-corrected chi connectivity index (χ2v) is 11.3. The van der Waals surface area contributed by atoms with Crippen LogP contribution in [-0.2, 0) is 5.75 Å². The molecule has 0 aliphatic heterocycles. The van der Waals surface area contributed by atoms with Crippen molar-refractivity contribution < 1.29 is 4.74 Å². The van der Waals surface area contributed by atoms with Gasteiger partial charge in [0.2, 0.25) is 0 Å². The van der Waals surface area contributed by atoms with E-state index < -0.39 is 7.92 Å². The standard InChI is InChI=1S/C24H27OPS/c1-24(2,3)27-18-19-12-8-10-16-22(19)26(20-13-6-5-7-14-20)23-17-11-9-15-21(23)25-4/h5-17H,18H2,1-4H3. The second kappa shape index (κ2) is 8.95. The van der Waals surface area contributed by atoms with Crippen molar-refractivity contribution in [1.29, 1.82) is 0 Å². The zero-order valence-electron chi connectivity index (χ0n) is 16.5. The van der Waals surface area contributed by atoms with Crippen LogP contribution in [0, 0.1) is 0 Å². The SMILES string of the molecule is COc1ccccc1P(c1ccccc1)c1ccccc1CSC(C)(C)C. The van der Waals surface area contributed by atoms with Gasteiger partial charge in [-0.05, 0) is 30.2 Å². The maximum absolute atomic E-state index is 5.73. The van der Waals surface area contributed by atoms with Crippen LogP contribution in [0.4, 0.5) is 0 Å². The Morgan fingerprint density at radius 2 is 1.37 bits per heavy atom. The zero-order valence-corrected chi connectivity index (χ0v) is 18.2. The van der Waals surface area contributed by atoms with Crippen LogP contribution in [0.15, 0.2) is 78.9 Å². The third kappa shape index (κ3) is 5.15. The number of hydrogen-bond donors (Lipinski definition) is 0. The van der Waals surface area contributed by atoms with Crippen LogP contribution in [0.2, 0.25) is 0 Å². The first kappa shape index (κ1) is 20.0. The molecule has 0 saturated carbocycles. The number of para-hydroxylation sites is 1. The maximum atomic E-state index is 5.73. The molecule has 1 atom stereocenters. The summed E-state index contributed by atoms with van der Waals surface area (Å²) in [5, 5.41) is 4.04. The molecular formula is C24H27OPS. The van der Waals surface area contributed by atoms with Crippen LogP contribution in [0.5, 0.6) is 5.75 Å². The molecule has 0 fully saturated rings. The molecule has 0 aliphatic carbocycles. The summed E-state index contributed by atoms with van der Waals surface area (Å²) < 4.78 is 5.98. The van der Waals surface area contributed by atoms with Crippen molar-refractivity contribution in [3.8, 4) is 5.75 Å². The molecule has 0 aliphatic rings. The summed E-state index contributed by atoms with van der Waals surface area (Å²) in [4.78, 5) is 0. The van der Waals surface area contributed by atoms with Gasteiger partial charge in [0, 0.05) is 15.8 Å². The minimum atomic E-state index is -0.679. The van der Waals surface area contributed by atoms with Gasteiger partial charge in [-0.1, -0.05) is 93.6 Å². The van der Waals surface area contributed by atoms with Crippen LogP contribution in [0.1, 0.15) is 26.3 Å². The van der Waals surface area contributed by atoms with Crippen molar-refractivity contribution in [3.05, 3.63) is 84.4 Å². The fraction of sp³-hybridized carbons (Fsp3) is 0.250. The molecule has 0 radical (unpaired) electrons. The maximum Gasteiger partial charge on any atom is 0.127 e. The molecule has 140 valence electrons. The predicted molar refractivity (Wildman–Crippen MR) is 123 cm³/mol. The summed E-state index contributed by atoms with van der Waals surface area (Å²) >= 11 is 2.00. The average Bonchev–Trinajstić information content (AvgIpc) is 2.68. The van der Waals surface area contributed by atoms with Gasteiger partial charge in [0.1, 0.15) is 5.75 Å². The fourth-order valence-electron chi connectivity index (χ4n) is 2.94. The summed E-state index contributed by atoms with van der Waals surface area (Å²) in [6, 6.07) is 28.2. The van der Waals surface area contributed by atoms with Crippen molar-refractivity contribution in [2.45, 2.75) is 31.3 Å². The van der Waals surface area contributed by atoms with Gasteiger partial charge in [-0.2, -0.15) is 11.8 Å². The van der Waals surface area contributed by atoms with E-state index in [-0.39, 0.29) is 4.75 Å². The minimum Gasteiger partial charge on any atom is -0.496 e. The predicted octanol–water partition coefficient (Wildman–Crippen LogP) is 5.49. The van der Waals surface area contributed by atoms with Gasteiger partial charge in [-0.3, -0.25) is 0 Å². The summed E-state index contributed by atoms with van der Waals surface area (Å²) in [5.74, 6) is 1.98. The van der Waals surface area contributed by atoms with E-state index in [1.807, 2.05) is 17.8 Å². The first-order valence-electron chi connectivity index (χ1n) is 9.19. The summed E-state index contributed by atoms with van der Waals surface area (Å²) in [5.41, 5.74) is 1.42. The fourth-order valence-corrected chi connectivity index (χ4v) is 6.48. The lowest BCUT2D eigenvalue weighted by Crippen LogP contribution is -2.24. The van der Waals surface area contributed by atoms with E-state index in [9.17, 15) is 0 Å². The minimum absolute atomic E-state index is 0.243. The molecule has 3 aromatic carbocycles. The Morgan fingerprint density at radius 3 is 2.04 bits per heavy atom. The first-order valence-corrected chi connectivity index (χ1v) is 11.5. The van der Waals surface area contributed by atoms with E-state index in [0.717, 1.165) is 11.5 Å². The summed E-state index contributed by atoms with van der Waals surface area (Å²) in [6.45, 7) is 6.83. The average molecular weight is 395 g/mol. The molecule has 0 amide bonds. The van der Waals surface area contributed by atoms with Crippen molar-refractivity contribution in [1.82, 2.24) is 0 Å². The van der Waals surface area contributed by atoms with Crippen LogP contribution in [-0.4, -0.2) is 11.9 Å². The Bertz CT molecular complexity index is 871. The molecule has 0 aromatic heterocycles. The van der Waals surface area contributed by atoms with Gasteiger partial charge in [0.25, 0.3) is 0 Å². The Labute approximate surface area is 168 Å². The number of benzene rings is 3. The normalized spacial score (nSPS) is 12.6. The van der Waals surface area contributed by atoms with Crippen molar-refractivity contribution >= 4 is 35.6 Å². The molecule has 3 heteroatoms. The van der Waals surface area contributed by atoms with Crippen LogP contribution in [0.3, 0.4) is 0 Å². The van der Waals surface area contributed by atoms with E-state index in [1.165, 1.54) is 21.5 Å². The largest absolute Gasteiger partial charge is 0.496 e. The van der Waals surface area contributed by atoms with Crippen molar-refractivity contribution in [2.24, 2.45) is 0 Å². The molecule has 1 nitrogen and oxygen atoms in total. The third-order valence-electron chi connectivity index (χ3n) is 4.23. The van der Waals surface area contributed by atoms with Gasteiger partial charge in [0.15, 0.2) is 0 Å². The summed E-state index contributed by atoms with van der Waals surface area (Å²) in [7, 11) is 1.08. The van der Waals surface area contributed by atoms with Gasteiger partial charge in [-0.25, -0.2) is 0 Å². The smallest absolute Gasteiger partial charge is 0.127 e. The first-order chi connectivity index (χ1) is 13.0. The highest BCUT2D eigenvalue weighted by Crippen LogP contribution is 2.39. The van der Waals surface area contributed by atoms with E-state index in [1.54, 1.807) is 7.11 Å². The molecule has 3 rings (SSSR count). The molecule has 0 bridgehead atoms. The van der Waals surface area contributed by atoms with Gasteiger partial charge in [-0.15, -0.1) is 0 Å². The Hall–Kier alpha value is -1.76. The third-order valence-corrected chi connectivity index (χ3v) is 8.14. The molecule has 1 unspecified atom stereocenters. The Balaban J connectivity index is 2.13. The molecular weight excluding hydrogens is 367 g/mol. The van der Waals surface area contributed by atoms with Crippen LogP contribution < -0.4 is 20.7 Å². The molecule has 27 heavy (non-hydrogen) atoms. The van der Waals surface area contributed by atoms with E-state index in [2.05, 4.69) is 93.6 Å².